The van der Waals surface area contributed by atoms with Gasteiger partial charge >= 0.3 is 0 Å². The van der Waals surface area contributed by atoms with Gasteiger partial charge in [-0.1, -0.05) is 59.8 Å². The van der Waals surface area contributed by atoms with Gasteiger partial charge in [-0.15, -0.1) is 0 Å². The first kappa shape index (κ1) is 30.9. The van der Waals surface area contributed by atoms with E-state index in [1.54, 1.807) is 5.19 Å². The Morgan fingerprint density at radius 1 is 0.236 bits per heavy atom. The molecule has 55 heavy (non-hydrogen) atoms. The van der Waals surface area contributed by atoms with Gasteiger partial charge in [0.2, 0.25) is 0 Å². The van der Waals surface area contributed by atoms with Gasteiger partial charge in [0.25, 0.3) is 0 Å². The minimum atomic E-state index is -0.358. The SMILES string of the molecule is c1ccc2cc3cc4cc5cc6cc7c(ccc8cc9cc%10cc%11cc%12cccc([Si]%13[Si][Si][Si][Si]%13)c%12cc%11cc%10cc9cc87)cc6cc5cc4cc3cc2c1. The molecule has 1 fully saturated rings. The van der Waals surface area contributed by atoms with E-state index >= 15 is 0 Å². The van der Waals surface area contributed by atoms with Crippen molar-refractivity contribution in [3.05, 3.63) is 164 Å². The van der Waals surface area contributed by atoms with Gasteiger partial charge < -0.3 is 0 Å². The van der Waals surface area contributed by atoms with Crippen LogP contribution >= 0.6 is 0 Å². The van der Waals surface area contributed by atoms with Crippen LogP contribution in [0.15, 0.2) is 164 Å². The summed E-state index contributed by atoms with van der Waals surface area (Å²) in [6.07, 6.45) is 0. The quantitative estimate of drug-likeness (QED) is 0.0886. The van der Waals surface area contributed by atoms with Crippen molar-refractivity contribution in [2.24, 2.45) is 0 Å². The predicted molar refractivity (Wildman–Crippen MR) is 247 cm³/mol. The van der Waals surface area contributed by atoms with E-state index in [4.69, 9.17) is 0 Å². The van der Waals surface area contributed by atoms with Crippen molar-refractivity contribution in [1.82, 2.24) is 0 Å². The molecule has 0 bridgehead atoms. The number of hydrogen-bond donors (Lipinski definition) is 0. The highest BCUT2D eigenvalue weighted by atomic mass is 30.1. The maximum absolute atomic E-state index is 2.51. The maximum atomic E-state index is 2.51. The number of rotatable bonds is 1. The first-order valence-electron chi connectivity index (χ1n) is 18.9. The smallest absolute Gasteiger partial charge is 0.0519 e. The third-order valence-corrected chi connectivity index (χ3v) is 42.9. The first-order chi connectivity index (χ1) is 27.1. The van der Waals surface area contributed by atoms with Crippen molar-refractivity contribution < 1.29 is 0 Å². The maximum Gasteiger partial charge on any atom is 0.0519 e. The molecule has 1 aliphatic rings. The molecule has 0 amide bonds. The standard InChI is InChI=1S/C50H27Si5/c1-2-5-29-11-34-16-39-21-42-22-44-25-47-32(14-37(44)19-41(42)20-38(39)15-33(34)10-28(29)4-1)9-8-31-13-36-18-40-17-35-12-30-6-3-7-50(55-53-51-52-54-55)49(30)27-46(35)24-43(40)23-45(36)26-48(31)47/h1-27H. The molecule has 0 aliphatic carbocycles. The summed E-state index contributed by atoms with van der Waals surface area (Å²) in [6, 6.07) is 63.6. The second kappa shape index (κ2) is 11.6. The lowest BCUT2D eigenvalue weighted by Crippen LogP contribution is -2.39. The van der Waals surface area contributed by atoms with Gasteiger partial charge in [-0.05, 0) is 228 Å². The van der Waals surface area contributed by atoms with Gasteiger partial charge in [0, 0.05) is 34.2 Å². The van der Waals surface area contributed by atoms with E-state index in [2.05, 4.69) is 164 Å². The summed E-state index contributed by atoms with van der Waals surface area (Å²) in [7, 11) is 4.51. The molecule has 1 heterocycles. The first-order valence-corrected chi connectivity index (χ1v) is 29.4. The topological polar surface area (TPSA) is 0 Å². The Kier molecular flexibility index (Phi) is 6.48. The molecule has 12 aromatic carbocycles. The fourth-order valence-electron chi connectivity index (χ4n) is 9.36. The number of fused-ring (bicyclic) bond motifs is 12. The van der Waals surface area contributed by atoms with E-state index in [0.29, 0.717) is 0 Å². The summed E-state index contributed by atoms with van der Waals surface area (Å²) < 4.78 is 0. The van der Waals surface area contributed by atoms with Crippen LogP contribution < -0.4 is 5.19 Å². The van der Waals surface area contributed by atoms with E-state index in [0.717, 1.165) is 0 Å². The van der Waals surface area contributed by atoms with Crippen molar-refractivity contribution in [2.75, 3.05) is 0 Å². The zero-order valence-electron chi connectivity index (χ0n) is 29.6. The molecule has 0 spiro atoms. The fraction of sp³-hybridized carbons (Fsp3) is 0. The second-order valence-electron chi connectivity index (χ2n) is 15.4. The highest BCUT2D eigenvalue weighted by molar-refractivity contribution is 7.82. The second-order valence-corrected chi connectivity index (χ2v) is 34.1. The Hall–Kier alpha value is -5.42. The van der Waals surface area contributed by atoms with Gasteiger partial charge in [-0.3, -0.25) is 0 Å². The average Bonchev–Trinajstić information content (AvgIpc) is 3.75. The monoisotopic (exact) mass is 767 g/mol. The summed E-state index contributed by atoms with van der Waals surface area (Å²) in [5.41, 5.74) is 0. The van der Waals surface area contributed by atoms with Crippen molar-refractivity contribution in [2.45, 2.75) is 0 Å². The Balaban J connectivity index is 0.967. The van der Waals surface area contributed by atoms with Gasteiger partial charge in [0.1, 0.15) is 0 Å². The number of hydrogen-bond acceptors (Lipinski definition) is 0. The summed E-state index contributed by atoms with van der Waals surface area (Å²) >= 11 is 0. The predicted octanol–water partition coefficient (Wildman–Crippen LogP) is 11.6. The van der Waals surface area contributed by atoms with Crippen LogP contribution in [0.25, 0.3) is 118 Å². The van der Waals surface area contributed by atoms with E-state index in [9.17, 15) is 0 Å². The molecule has 1 aliphatic heterocycles. The van der Waals surface area contributed by atoms with Crippen LogP contribution in [0.2, 0.25) is 0 Å². The molecular formula is C50H27Si5. The van der Waals surface area contributed by atoms with Crippen molar-refractivity contribution >= 4 is 166 Å². The average molecular weight is 768 g/mol. The Morgan fingerprint density at radius 2 is 0.527 bits per heavy atom. The molecule has 1 saturated heterocycles. The molecular weight excluding hydrogens is 741 g/mol. The van der Waals surface area contributed by atoms with Gasteiger partial charge in [-0.2, -0.15) is 0 Å². The summed E-state index contributed by atoms with van der Waals surface area (Å²) in [5, 5.41) is 30.7. The molecule has 0 nitrogen and oxygen atoms in total. The molecule has 9 radical (unpaired) electrons. The third kappa shape index (κ3) is 4.84. The van der Waals surface area contributed by atoms with Crippen LogP contribution in [-0.2, 0) is 0 Å². The molecule has 5 heteroatoms. The van der Waals surface area contributed by atoms with Crippen LogP contribution in [0, 0.1) is 0 Å². The lowest BCUT2D eigenvalue weighted by atomic mass is 9.92. The lowest BCUT2D eigenvalue weighted by Gasteiger charge is -2.14. The summed E-state index contributed by atoms with van der Waals surface area (Å²) in [4.78, 5) is 0. The van der Waals surface area contributed by atoms with Gasteiger partial charge in [-0.25, -0.2) is 0 Å². The van der Waals surface area contributed by atoms with Gasteiger partial charge in [0.05, 0.1) is 7.83 Å². The van der Waals surface area contributed by atoms with E-state index in [1.807, 2.05) is 0 Å². The van der Waals surface area contributed by atoms with Gasteiger partial charge in [0.15, 0.2) is 0 Å². The highest BCUT2D eigenvalue weighted by Crippen LogP contribution is 2.37. The zero-order valence-corrected chi connectivity index (χ0v) is 34.6. The Labute approximate surface area is 327 Å². The van der Waals surface area contributed by atoms with Crippen LogP contribution in [-0.4, -0.2) is 42.1 Å². The molecule has 0 atom stereocenters. The Bertz CT molecular complexity index is 3680. The fourth-order valence-corrected chi connectivity index (χ4v) is 57.7. The third-order valence-electron chi connectivity index (χ3n) is 12.1. The summed E-state index contributed by atoms with van der Waals surface area (Å²) in [5.74, 6) is 0. The molecule has 0 saturated carbocycles. The van der Waals surface area contributed by atoms with E-state index < -0.39 is 0 Å². The lowest BCUT2D eigenvalue weighted by molar-refractivity contribution is 1.79. The largest absolute Gasteiger partial charge is 0.0633 e. The molecule has 13 rings (SSSR count). The zero-order chi connectivity index (χ0) is 35.8. The summed E-state index contributed by atoms with van der Waals surface area (Å²) in [6.45, 7) is 0. The van der Waals surface area contributed by atoms with E-state index in [1.165, 1.54) is 153 Å². The molecule has 247 valence electrons. The molecule has 0 unspecified atom stereocenters. The van der Waals surface area contributed by atoms with Crippen molar-refractivity contribution in [3.63, 3.8) is 0 Å². The minimum absolute atomic E-state index is 0.358. The highest BCUT2D eigenvalue weighted by Gasteiger charge is 2.23. The minimum Gasteiger partial charge on any atom is -0.0633 e. The van der Waals surface area contributed by atoms with Crippen molar-refractivity contribution in [3.8, 4) is 0 Å². The van der Waals surface area contributed by atoms with Crippen LogP contribution in [0.5, 0.6) is 0 Å². The normalized spacial score (nSPS) is 14.2. The Morgan fingerprint density at radius 3 is 0.927 bits per heavy atom. The number of benzene rings is 12. The molecule has 0 N–H and O–H groups in total. The molecule has 12 aromatic rings. The van der Waals surface area contributed by atoms with E-state index in [-0.39, 0.29) is 7.83 Å². The van der Waals surface area contributed by atoms with Crippen LogP contribution in [0.4, 0.5) is 0 Å². The molecule has 0 aromatic heterocycles. The van der Waals surface area contributed by atoms with Crippen molar-refractivity contribution in [1.29, 1.82) is 0 Å². The van der Waals surface area contributed by atoms with Crippen LogP contribution in [0.1, 0.15) is 0 Å². The van der Waals surface area contributed by atoms with Crippen LogP contribution in [0.3, 0.4) is 0 Å².